The fourth-order valence-electron chi connectivity index (χ4n) is 3.70. The van der Waals surface area contributed by atoms with E-state index in [1.165, 1.54) is 16.7 Å². The Kier molecular flexibility index (Phi) is 6.29. The number of para-hydroxylation sites is 2. The highest BCUT2D eigenvalue weighted by Crippen LogP contribution is 2.48. The van der Waals surface area contributed by atoms with Crippen molar-refractivity contribution in [1.29, 1.82) is 0 Å². The molecule has 0 N–H and O–H groups in total. The van der Waals surface area contributed by atoms with Gasteiger partial charge < -0.3 is 0 Å². The van der Waals surface area contributed by atoms with E-state index in [0.29, 0.717) is 14.2 Å². The number of thioether (sulfide) groups is 1. The van der Waals surface area contributed by atoms with E-state index < -0.39 is 0 Å². The average molecular weight is 509 g/mol. The molecule has 0 spiro atoms. The van der Waals surface area contributed by atoms with Gasteiger partial charge in [0.25, 0.3) is 5.91 Å². The summed E-state index contributed by atoms with van der Waals surface area (Å²) in [5.41, 5.74) is 2.59. The van der Waals surface area contributed by atoms with Crippen LogP contribution in [0.25, 0.3) is 6.08 Å². The minimum absolute atomic E-state index is 0.0778. The molecule has 0 aliphatic carbocycles. The zero-order valence-electron chi connectivity index (χ0n) is 17.2. The van der Waals surface area contributed by atoms with E-state index in [1.807, 2.05) is 60.7 Å². The molecule has 3 aromatic carbocycles. The van der Waals surface area contributed by atoms with E-state index in [0.717, 1.165) is 26.7 Å². The summed E-state index contributed by atoms with van der Waals surface area (Å²) in [7, 11) is 0. The molecule has 2 aliphatic rings. The van der Waals surface area contributed by atoms with Crippen molar-refractivity contribution in [3.05, 3.63) is 88.3 Å². The van der Waals surface area contributed by atoms with Crippen LogP contribution in [0.5, 0.6) is 0 Å². The summed E-state index contributed by atoms with van der Waals surface area (Å²) in [5, 5.41) is 0.637. The van der Waals surface area contributed by atoms with Crippen molar-refractivity contribution < 1.29 is 9.59 Å². The lowest BCUT2D eigenvalue weighted by Crippen LogP contribution is -2.35. The molecule has 0 bridgehead atoms. The van der Waals surface area contributed by atoms with Gasteiger partial charge in [0.2, 0.25) is 5.91 Å². The molecule has 3 aromatic rings. The smallest absolute Gasteiger partial charge is 0.266 e. The molecule has 1 saturated heterocycles. The quantitative estimate of drug-likeness (QED) is 0.287. The van der Waals surface area contributed by atoms with E-state index in [4.69, 9.17) is 23.8 Å². The first-order chi connectivity index (χ1) is 16.0. The fourth-order valence-corrected chi connectivity index (χ4v) is 6.19. The van der Waals surface area contributed by atoms with Gasteiger partial charge in [-0.1, -0.05) is 83.7 Å². The van der Waals surface area contributed by atoms with Gasteiger partial charge in [-0.2, -0.15) is 0 Å². The van der Waals surface area contributed by atoms with Crippen molar-refractivity contribution in [2.24, 2.45) is 0 Å². The first-order valence-corrected chi connectivity index (χ1v) is 12.6. The number of hydrogen-bond acceptors (Lipinski definition) is 5. The second-order valence-corrected chi connectivity index (χ2v) is 10.6. The second kappa shape index (κ2) is 9.35. The van der Waals surface area contributed by atoms with Crippen LogP contribution >= 0.6 is 47.3 Å². The highest BCUT2D eigenvalue weighted by Gasteiger charge is 2.34. The van der Waals surface area contributed by atoms with Crippen LogP contribution in [0.1, 0.15) is 12.0 Å². The van der Waals surface area contributed by atoms with Crippen LogP contribution in [0.4, 0.5) is 11.4 Å². The van der Waals surface area contributed by atoms with Crippen molar-refractivity contribution in [2.45, 2.75) is 16.2 Å². The van der Waals surface area contributed by atoms with Crippen molar-refractivity contribution in [1.82, 2.24) is 4.90 Å². The molecule has 33 heavy (non-hydrogen) atoms. The molecule has 8 heteroatoms. The van der Waals surface area contributed by atoms with Crippen molar-refractivity contribution in [3.8, 4) is 0 Å². The predicted octanol–water partition coefficient (Wildman–Crippen LogP) is 6.76. The molecule has 4 nitrogen and oxygen atoms in total. The number of amides is 2. The Morgan fingerprint density at radius 2 is 1.52 bits per heavy atom. The number of rotatable bonds is 4. The van der Waals surface area contributed by atoms with Gasteiger partial charge in [-0.25, -0.2) is 0 Å². The van der Waals surface area contributed by atoms with Gasteiger partial charge in [0.1, 0.15) is 4.32 Å². The number of hydrogen-bond donors (Lipinski definition) is 0. The molecule has 0 unspecified atom stereocenters. The molecular weight excluding hydrogens is 492 g/mol. The van der Waals surface area contributed by atoms with Gasteiger partial charge in [-0.05, 0) is 48.0 Å². The summed E-state index contributed by atoms with van der Waals surface area (Å²) >= 11 is 14.3. The molecule has 2 aliphatic heterocycles. The van der Waals surface area contributed by atoms with Crippen LogP contribution < -0.4 is 4.90 Å². The SMILES string of the molecule is O=C1/C(=C/c2ccc(Cl)cc2)SC(=S)N1CCC(=O)N1c2ccccc2Sc2ccccc21. The Balaban J connectivity index is 1.34. The number of fused-ring (bicyclic) bond motifs is 2. The van der Waals surface area contributed by atoms with Gasteiger partial charge in [0.15, 0.2) is 0 Å². The average Bonchev–Trinajstić information content (AvgIpc) is 3.09. The summed E-state index contributed by atoms with van der Waals surface area (Å²) < 4.78 is 0.461. The highest BCUT2D eigenvalue weighted by atomic mass is 35.5. The molecule has 2 amide bonds. The predicted molar refractivity (Wildman–Crippen MR) is 140 cm³/mol. The standard InChI is InChI=1S/C25H17ClN2O2S3/c26-17-11-9-16(10-12-17)15-22-24(30)27(25(31)33-22)14-13-23(29)28-18-5-1-3-7-20(18)32-21-8-4-2-6-19(21)28/h1-12,15H,13-14H2/b22-15-. The third kappa shape index (κ3) is 4.46. The Bertz CT molecular complexity index is 1260. The van der Waals surface area contributed by atoms with Crippen molar-refractivity contribution in [2.75, 3.05) is 11.4 Å². The number of nitrogens with zero attached hydrogens (tertiary/aromatic N) is 2. The van der Waals surface area contributed by atoms with Crippen molar-refractivity contribution in [3.63, 3.8) is 0 Å². The Morgan fingerprint density at radius 3 is 2.15 bits per heavy atom. The van der Waals surface area contributed by atoms with Gasteiger partial charge >= 0.3 is 0 Å². The Labute approximate surface area is 210 Å². The topological polar surface area (TPSA) is 40.6 Å². The molecule has 0 atom stereocenters. The number of benzene rings is 3. The maximum Gasteiger partial charge on any atom is 0.266 e. The fraction of sp³-hybridized carbons (Fsp3) is 0.0800. The number of anilines is 2. The maximum absolute atomic E-state index is 13.4. The second-order valence-electron chi connectivity index (χ2n) is 7.40. The monoisotopic (exact) mass is 508 g/mol. The van der Waals surface area contributed by atoms with Crippen LogP contribution in [-0.2, 0) is 9.59 Å². The van der Waals surface area contributed by atoms with E-state index >= 15 is 0 Å². The molecule has 0 aromatic heterocycles. The van der Waals surface area contributed by atoms with Crippen LogP contribution in [-0.4, -0.2) is 27.6 Å². The number of halogens is 1. The van der Waals surface area contributed by atoms with Crippen LogP contribution in [0, 0.1) is 0 Å². The number of carbonyl (C=O) groups is 2. The zero-order valence-corrected chi connectivity index (χ0v) is 20.4. The maximum atomic E-state index is 13.4. The summed E-state index contributed by atoms with van der Waals surface area (Å²) in [4.78, 5) is 32.2. The highest BCUT2D eigenvalue weighted by molar-refractivity contribution is 8.26. The lowest BCUT2D eigenvalue weighted by Gasteiger charge is -2.31. The Hall–Kier alpha value is -2.58. The number of thiocarbonyl (C=S) groups is 1. The van der Waals surface area contributed by atoms with Gasteiger partial charge in [0.05, 0.1) is 16.3 Å². The minimum Gasteiger partial charge on any atom is -0.292 e. The van der Waals surface area contributed by atoms with E-state index in [1.54, 1.807) is 34.9 Å². The van der Waals surface area contributed by atoms with Gasteiger partial charge in [-0.15, -0.1) is 0 Å². The Morgan fingerprint density at radius 1 is 0.909 bits per heavy atom. The molecule has 1 fully saturated rings. The molecule has 164 valence electrons. The third-order valence-corrected chi connectivity index (χ3v) is 8.03. The number of carbonyl (C=O) groups excluding carboxylic acids is 2. The van der Waals surface area contributed by atoms with E-state index in [9.17, 15) is 9.59 Å². The zero-order chi connectivity index (χ0) is 22.9. The lowest BCUT2D eigenvalue weighted by molar-refractivity contribution is -0.123. The molecule has 0 saturated carbocycles. The summed E-state index contributed by atoms with van der Waals surface area (Å²) in [6.07, 6.45) is 1.96. The normalized spacial score (nSPS) is 16.2. The largest absolute Gasteiger partial charge is 0.292 e. The summed E-state index contributed by atoms with van der Waals surface area (Å²) in [6, 6.07) is 23.0. The van der Waals surface area contributed by atoms with Crippen molar-refractivity contribution >= 4 is 80.9 Å². The lowest BCUT2D eigenvalue weighted by atomic mass is 10.2. The van der Waals surface area contributed by atoms with Gasteiger partial charge in [-0.3, -0.25) is 19.4 Å². The van der Waals surface area contributed by atoms with E-state index in [-0.39, 0.29) is 24.8 Å². The first-order valence-electron chi connectivity index (χ1n) is 10.2. The van der Waals surface area contributed by atoms with E-state index in [2.05, 4.69) is 0 Å². The van der Waals surface area contributed by atoms with Crippen LogP contribution in [0.3, 0.4) is 0 Å². The molecule has 5 rings (SSSR count). The minimum atomic E-state index is -0.178. The van der Waals surface area contributed by atoms with Gasteiger partial charge in [0, 0.05) is 27.8 Å². The third-order valence-electron chi connectivity index (χ3n) is 5.27. The summed E-state index contributed by atoms with van der Waals surface area (Å²) in [5.74, 6) is -0.256. The van der Waals surface area contributed by atoms with Crippen LogP contribution in [0.2, 0.25) is 5.02 Å². The first kappa shape index (κ1) is 22.2. The molecular formula is C25H17ClN2O2S3. The summed E-state index contributed by atoms with van der Waals surface area (Å²) in [6.45, 7) is 0.232. The molecule has 0 radical (unpaired) electrons. The molecule has 2 heterocycles. The van der Waals surface area contributed by atoms with Crippen LogP contribution in [0.15, 0.2) is 87.5 Å².